The topological polar surface area (TPSA) is 60.4 Å². The van der Waals surface area contributed by atoms with Crippen LogP contribution >= 0.6 is 0 Å². The maximum absolute atomic E-state index is 13.2. The third-order valence-corrected chi connectivity index (χ3v) is 7.41. The second kappa shape index (κ2) is 5.39. The fourth-order valence-corrected chi connectivity index (χ4v) is 6.18. The third kappa shape index (κ3) is 2.29. The van der Waals surface area contributed by atoms with Gasteiger partial charge in [0.1, 0.15) is 17.3 Å². The van der Waals surface area contributed by atoms with E-state index in [1.54, 1.807) is 0 Å². The summed E-state index contributed by atoms with van der Waals surface area (Å²) in [6.45, 7) is 5.62. The Balaban J connectivity index is 1.72. The predicted octanol–water partition coefficient (Wildman–Crippen LogP) is 3.75. The van der Waals surface area contributed by atoms with E-state index >= 15 is 0 Å². The van der Waals surface area contributed by atoms with E-state index in [0.29, 0.717) is 30.9 Å². The number of ether oxygens (including phenoxy) is 1. The second-order valence-corrected chi connectivity index (χ2v) is 8.79. The van der Waals surface area contributed by atoms with Gasteiger partial charge in [0.25, 0.3) is 0 Å². The van der Waals surface area contributed by atoms with Gasteiger partial charge in [-0.25, -0.2) is 0 Å². The molecule has 25 heavy (non-hydrogen) atoms. The normalized spacial score (nSPS) is 42.8. The fourth-order valence-electron chi connectivity index (χ4n) is 6.18. The zero-order valence-electron chi connectivity index (χ0n) is 15.3. The van der Waals surface area contributed by atoms with Gasteiger partial charge in [0.15, 0.2) is 0 Å². The van der Waals surface area contributed by atoms with Crippen LogP contribution in [0.4, 0.5) is 0 Å². The van der Waals surface area contributed by atoms with E-state index < -0.39 is 5.41 Å². The number of carbonyl (C=O) groups excluding carboxylic acids is 3. The molecule has 4 rings (SSSR count). The number of allylic oxidation sites excluding steroid dienone is 4. The summed E-state index contributed by atoms with van der Waals surface area (Å²) >= 11 is 0. The van der Waals surface area contributed by atoms with Crippen molar-refractivity contribution >= 4 is 17.5 Å². The molecule has 0 amide bonds. The third-order valence-electron chi connectivity index (χ3n) is 7.41. The second-order valence-electron chi connectivity index (χ2n) is 8.79. The highest BCUT2D eigenvalue weighted by Gasteiger charge is 2.61. The summed E-state index contributed by atoms with van der Waals surface area (Å²) in [4.78, 5) is 36.8. The van der Waals surface area contributed by atoms with Crippen molar-refractivity contribution in [2.45, 2.75) is 59.3 Å². The molecule has 0 aromatic rings. The highest BCUT2D eigenvalue weighted by molar-refractivity contribution is 5.95. The van der Waals surface area contributed by atoms with Gasteiger partial charge in [0.2, 0.25) is 0 Å². The molecule has 5 atom stereocenters. The van der Waals surface area contributed by atoms with Crippen molar-refractivity contribution in [1.29, 1.82) is 0 Å². The number of fused-ring (bicyclic) bond motifs is 5. The first-order valence-electron chi connectivity index (χ1n) is 9.41. The summed E-state index contributed by atoms with van der Waals surface area (Å²) in [5.41, 5.74) is 0.502. The standard InChI is InChI=1S/C21H26O4/c1-12(22)25-14-8-9-20(2)13(10-14)4-5-15-16-6-7-18(24)21(16,3)11-17(23)19(15)20/h4,10,15-16,19H,5-9,11H2,1-3H3/t15?,16?,19?,20-,21-/m0/s1. The number of Topliss-reactive ketones (excluding diaryl/α,β-unsaturated/α-hetero) is 2. The van der Waals surface area contributed by atoms with Gasteiger partial charge in [-0.2, -0.15) is 0 Å². The molecule has 0 spiro atoms. The number of hydrogen-bond donors (Lipinski definition) is 0. The van der Waals surface area contributed by atoms with Gasteiger partial charge in [0, 0.05) is 42.9 Å². The van der Waals surface area contributed by atoms with Gasteiger partial charge in [-0.15, -0.1) is 0 Å². The van der Waals surface area contributed by atoms with Crippen LogP contribution in [0, 0.1) is 28.6 Å². The van der Waals surface area contributed by atoms with Crippen LogP contribution in [-0.4, -0.2) is 17.5 Å². The van der Waals surface area contributed by atoms with Crippen molar-refractivity contribution in [3.63, 3.8) is 0 Å². The average molecular weight is 342 g/mol. The lowest BCUT2D eigenvalue weighted by Crippen LogP contribution is -2.54. The Kier molecular flexibility index (Phi) is 3.61. The van der Waals surface area contributed by atoms with Crippen molar-refractivity contribution in [1.82, 2.24) is 0 Å². The molecular weight excluding hydrogens is 316 g/mol. The zero-order valence-corrected chi connectivity index (χ0v) is 15.3. The lowest BCUT2D eigenvalue weighted by atomic mass is 9.48. The van der Waals surface area contributed by atoms with E-state index in [1.165, 1.54) is 6.92 Å². The first kappa shape index (κ1) is 16.7. The van der Waals surface area contributed by atoms with E-state index in [-0.39, 0.29) is 34.8 Å². The number of rotatable bonds is 1. The van der Waals surface area contributed by atoms with E-state index in [9.17, 15) is 14.4 Å². The van der Waals surface area contributed by atoms with Crippen molar-refractivity contribution in [2.24, 2.45) is 28.6 Å². The fraction of sp³-hybridized carbons (Fsp3) is 0.667. The van der Waals surface area contributed by atoms with Gasteiger partial charge in [0.05, 0.1) is 0 Å². The summed E-state index contributed by atoms with van der Waals surface area (Å²) in [5.74, 6) is 1.55. The summed E-state index contributed by atoms with van der Waals surface area (Å²) < 4.78 is 5.30. The van der Waals surface area contributed by atoms with E-state index in [4.69, 9.17) is 4.74 Å². The minimum absolute atomic E-state index is 0.00777. The van der Waals surface area contributed by atoms with Crippen LogP contribution in [0.5, 0.6) is 0 Å². The molecule has 0 heterocycles. The molecule has 0 bridgehead atoms. The first-order valence-corrected chi connectivity index (χ1v) is 9.41. The van der Waals surface area contributed by atoms with Crippen LogP contribution < -0.4 is 0 Å². The zero-order chi connectivity index (χ0) is 18.0. The van der Waals surface area contributed by atoms with Gasteiger partial charge in [-0.1, -0.05) is 19.9 Å². The van der Waals surface area contributed by atoms with Crippen molar-refractivity contribution in [3.05, 3.63) is 23.5 Å². The van der Waals surface area contributed by atoms with Crippen LogP contribution in [0.2, 0.25) is 0 Å². The van der Waals surface area contributed by atoms with Crippen LogP contribution in [0.15, 0.2) is 23.5 Å². The quantitative estimate of drug-likeness (QED) is 0.681. The summed E-state index contributed by atoms with van der Waals surface area (Å²) in [7, 11) is 0. The minimum atomic E-state index is -0.437. The van der Waals surface area contributed by atoms with Gasteiger partial charge >= 0.3 is 5.97 Å². The Morgan fingerprint density at radius 2 is 1.96 bits per heavy atom. The monoisotopic (exact) mass is 342 g/mol. The Morgan fingerprint density at radius 3 is 2.68 bits per heavy atom. The molecule has 4 aliphatic carbocycles. The number of esters is 1. The first-order chi connectivity index (χ1) is 11.8. The lowest BCUT2D eigenvalue weighted by Gasteiger charge is -2.54. The molecule has 2 saturated carbocycles. The molecule has 0 N–H and O–H groups in total. The maximum atomic E-state index is 13.2. The van der Waals surface area contributed by atoms with Crippen LogP contribution in [0.1, 0.15) is 59.3 Å². The Bertz CT molecular complexity index is 730. The molecule has 0 aromatic heterocycles. The highest BCUT2D eigenvalue weighted by Crippen LogP contribution is 2.62. The van der Waals surface area contributed by atoms with E-state index in [0.717, 1.165) is 24.8 Å². The van der Waals surface area contributed by atoms with Gasteiger partial charge in [-0.05, 0) is 42.7 Å². The molecule has 4 aliphatic rings. The van der Waals surface area contributed by atoms with Crippen LogP contribution in [0.3, 0.4) is 0 Å². The van der Waals surface area contributed by atoms with Crippen molar-refractivity contribution < 1.29 is 19.1 Å². The maximum Gasteiger partial charge on any atom is 0.307 e. The molecule has 0 saturated heterocycles. The number of ketones is 2. The van der Waals surface area contributed by atoms with Crippen LogP contribution in [0.25, 0.3) is 0 Å². The average Bonchev–Trinajstić information content (AvgIpc) is 2.82. The summed E-state index contributed by atoms with van der Waals surface area (Å²) in [5, 5.41) is 0. The van der Waals surface area contributed by atoms with E-state index in [1.807, 2.05) is 13.0 Å². The lowest BCUT2D eigenvalue weighted by molar-refractivity contribution is -0.148. The molecule has 3 unspecified atom stereocenters. The molecule has 4 heteroatoms. The highest BCUT2D eigenvalue weighted by atomic mass is 16.5. The van der Waals surface area contributed by atoms with Crippen molar-refractivity contribution in [2.75, 3.05) is 0 Å². The Labute approximate surface area is 148 Å². The van der Waals surface area contributed by atoms with Gasteiger partial charge < -0.3 is 4.74 Å². The Morgan fingerprint density at radius 1 is 1.20 bits per heavy atom. The Hall–Kier alpha value is -1.71. The summed E-state index contributed by atoms with van der Waals surface area (Å²) in [6, 6.07) is 0. The molecule has 0 radical (unpaired) electrons. The van der Waals surface area contributed by atoms with E-state index in [2.05, 4.69) is 13.0 Å². The molecule has 0 aromatic carbocycles. The molecular formula is C21H26O4. The number of carbonyl (C=O) groups is 3. The molecule has 0 aliphatic heterocycles. The largest absolute Gasteiger partial charge is 0.431 e. The predicted molar refractivity (Wildman–Crippen MR) is 92.3 cm³/mol. The molecule has 2 fully saturated rings. The minimum Gasteiger partial charge on any atom is -0.431 e. The summed E-state index contributed by atoms with van der Waals surface area (Å²) in [6.07, 6.45) is 8.51. The molecule has 134 valence electrons. The van der Waals surface area contributed by atoms with Crippen molar-refractivity contribution in [3.8, 4) is 0 Å². The molecule has 4 nitrogen and oxygen atoms in total. The smallest absolute Gasteiger partial charge is 0.307 e. The SMILES string of the molecule is CC(=O)OC1=CC2=CCC3C(C(=O)C[C@]4(C)C(=O)CCC34)[C@@]2(C)CC1. The number of hydrogen-bond acceptors (Lipinski definition) is 4. The van der Waals surface area contributed by atoms with Gasteiger partial charge in [-0.3, -0.25) is 14.4 Å². The van der Waals surface area contributed by atoms with Crippen LogP contribution in [-0.2, 0) is 19.1 Å².